The lowest BCUT2D eigenvalue weighted by molar-refractivity contribution is 0.869. The summed E-state index contributed by atoms with van der Waals surface area (Å²) in [4.78, 5) is 0. The molecule has 0 radical (unpaired) electrons. The fourth-order valence-electron chi connectivity index (χ4n) is 0.951. The average molecular weight is 220 g/mol. The summed E-state index contributed by atoms with van der Waals surface area (Å²) in [5.74, 6) is 0. The smallest absolute Gasteiger partial charge is 0.187 e. The Morgan fingerprint density at radius 1 is 1.40 bits per heavy atom. The molecule has 0 fully saturated rings. The summed E-state index contributed by atoms with van der Waals surface area (Å²) < 4.78 is 0. The van der Waals surface area contributed by atoms with Gasteiger partial charge in [0, 0.05) is 12.8 Å². The van der Waals surface area contributed by atoms with Gasteiger partial charge in [-0.1, -0.05) is 30.3 Å². The van der Waals surface area contributed by atoms with Crippen molar-refractivity contribution in [3.05, 3.63) is 35.9 Å². The fraction of sp³-hybridized carbons (Fsp3) is 0.100. The standard InChI is InChI=1S/C10H12N4S/c11-6-7-13-14-10(15)12-8-9-4-2-1-3-5-9/h1-7,11H,8H2,(H2,12,14,15)/b11-6?,13-7+. The Bertz CT molecular complexity index is 348. The van der Waals surface area contributed by atoms with E-state index in [4.69, 9.17) is 17.6 Å². The third kappa shape index (κ3) is 4.87. The molecule has 0 heterocycles. The van der Waals surface area contributed by atoms with Gasteiger partial charge in [0.15, 0.2) is 5.11 Å². The van der Waals surface area contributed by atoms with E-state index in [9.17, 15) is 0 Å². The predicted molar refractivity (Wildman–Crippen MR) is 66.3 cm³/mol. The zero-order valence-corrected chi connectivity index (χ0v) is 8.92. The highest BCUT2D eigenvalue weighted by atomic mass is 32.1. The molecule has 0 aromatic heterocycles. The Kier molecular flexibility index (Phi) is 5.03. The van der Waals surface area contributed by atoms with E-state index in [0.29, 0.717) is 11.7 Å². The summed E-state index contributed by atoms with van der Waals surface area (Å²) in [6.45, 7) is 0.660. The van der Waals surface area contributed by atoms with E-state index in [-0.39, 0.29) is 0 Å². The van der Waals surface area contributed by atoms with Crippen molar-refractivity contribution in [2.24, 2.45) is 5.10 Å². The highest BCUT2D eigenvalue weighted by Crippen LogP contribution is 1.96. The van der Waals surface area contributed by atoms with Crippen molar-refractivity contribution in [2.45, 2.75) is 6.54 Å². The SMILES string of the molecule is N=C/C=N/NC(=S)NCc1ccccc1. The topological polar surface area (TPSA) is 60.3 Å². The van der Waals surface area contributed by atoms with E-state index >= 15 is 0 Å². The molecule has 1 aromatic rings. The summed E-state index contributed by atoms with van der Waals surface area (Å²) in [6.07, 6.45) is 2.39. The van der Waals surface area contributed by atoms with Crippen LogP contribution in [0.4, 0.5) is 0 Å². The van der Waals surface area contributed by atoms with Gasteiger partial charge in [0.25, 0.3) is 0 Å². The molecule has 0 aliphatic carbocycles. The lowest BCUT2D eigenvalue weighted by Crippen LogP contribution is -2.31. The van der Waals surface area contributed by atoms with Crippen LogP contribution in [0.5, 0.6) is 0 Å². The molecule has 0 aliphatic heterocycles. The van der Waals surface area contributed by atoms with E-state index in [1.54, 1.807) is 0 Å². The quantitative estimate of drug-likeness (QED) is 0.407. The molecule has 15 heavy (non-hydrogen) atoms. The zero-order valence-electron chi connectivity index (χ0n) is 8.10. The van der Waals surface area contributed by atoms with Gasteiger partial charge < -0.3 is 10.7 Å². The van der Waals surface area contributed by atoms with Gasteiger partial charge in [0.05, 0.1) is 6.21 Å². The molecule has 4 nitrogen and oxygen atoms in total. The number of benzene rings is 1. The summed E-state index contributed by atoms with van der Waals surface area (Å²) in [7, 11) is 0. The first-order valence-electron chi connectivity index (χ1n) is 4.43. The number of nitrogens with one attached hydrogen (secondary N) is 3. The normalized spacial score (nSPS) is 9.87. The predicted octanol–water partition coefficient (Wildman–Crippen LogP) is 1.29. The molecule has 3 N–H and O–H groups in total. The highest BCUT2D eigenvalue weighted by Gasteiger charge is 1.93. The third-order valence-electron chi connectivity index (χ3n) is 1.61. The first-order valence-corrected chi connectivity index (χ1v) is 4.83. The third-order valence-corrected chi connectivity index (χ3v) is 1.85. The highest BCUT2D eigenvalue weighted by molar-refractivity contribution is 7.80. The molecule has 0 bridgehead atoms. The largest absolute Gasteiger partial charge is 0.357 e. The number of thiocarbonyl (C=S) groups is 1. The molecular formula is C10H12N4S. The lowest BCUT2D eigenvalue weighted by atomic mass is 10.2. The van der Waals surface area contributed by atoms with Crippen molar-refractivity contribution in [1.29, 1.82) is 5.41 Å². The van der Waals surface area contributed by atoms with Gasteiger partial charge in [-0.2, -0.15) is 5.10 Å². The number of rotatable bonds is 4. The molecule has 5 heteroatoms. The van der Waals surface area contributed by atoms with Crippen LogP contribution in [0.3, 0.4) is 0 Å². The summed E-state index contributed by atoms with van der Waals surface area (Å²) >= 11 is 4.96. The second-order valence-corrected chi connectivity index (χ2v) is 3.13. The van der Waals surface area contributed by atoms with Crippen molar-refractivity contribution in [2.75, 3.05) is 0 Å². The van der Waals surface area contributed by atoms with Crippen molar-refractivity contribution < 1.29 is 0 Å². The Morgan fingerprint density at radius 3 is 2.80 bits per heavy atom. The van der Waals surface area contributed by atoms with Gasteiger partial charge in [-0.3, -0.25) is 5.43 Å². The number of nitrogens with zero attached hydrogens (tertiary/aromatic N) is 1. The first kappa shape index (κ1) is 11.3. The van der Waals surface area contributed by atoms with Crippen LogP contribution in [-0.4, -0.2) is 17.5 Å². The molecule has 0 unspecified atom stereocenters. The number of hydrazone groups is 1. The van der Waals surface area contributed by atoms with Gasteiger partial charge in [-0.05, 0) is 17.8 Å². The van der Waals surface area contributed by atoms with Gasteiger partial charge in [0.2, 0.25) is 0 Å². The van der Waals surface area contributed by atoms with Crippen LogP contribution < -0.4 is 10.7 Å². The first-order chi connectivity index (χ1) is 7.33. The molecular weight excluding hydrogens is 208 g/mol. The van der Waals surface area contributed by atoms with E-state index in [1.807, 2.05) is 30.3 Å². The molecule has 0 atom stereocenters. The molecule has 0 saturated heterocycles. The Labute approximate surface area is 93.9 Å². The molecule has 1 aromatic carbocycles. The zero-order chi connectivity index (χ0) is 10.9. The van der Waals surface area contributed by atoms with Crippen LogP contribution in [-0.2, 0) is 6.54 Å². The van der Waals surface area contributed by atoms with Crippen molar-refractivity contribution >= 4 is 29.8 Å². The molecule has 1 rings (SSSR count). The van der Waals surface area contributed by atoms with Crippen molar-refractivity contribution in [3.8, 4) is 0 Å². The van der Waals surface area contributed by atoms with Crippen LogP contribution in [0.25, 0.3) is 0 Å². The maximum absolute atomic E-state index is 6.71. The minimum absolute atomic E-state index is 0.442. The average Bonchev–Trinajstić information content (AvgIpc) is 2.28. The van der Waals surface area contributed by atoms with E-state index in [1.165, 1.54) is 6.21 Å². The van der Waals surface area contributed by atoms with Gasteiger partial charge >= 0.3 is 0 Å². The minimum atomic E-state index is 0.442. The minimum Gasteiger partial charge on any atom is -0.357 e. The fourth-order valence-corrected chi connectivity index (χ4v) is 1.08. The van der Waals surface area contributed by atoms with Crippen molar-refractivity contribution in [1.82, 2.24) is 10.7 Å². The van der Waals surface area contributed by atoms with Gasteiger partial charge in [-0.25, -0.2) is 0 Å². The summed E-state index contributed by atoms with van der Waals surface area (Å²) in [5.41, 5.74) is 3.74. The van der Waals surface area contributed by atoms with Crippen LogP contribution in [0.2, 0.25) is 0 Å². The molecule has 0 aliphatic rings. The summed E-state index contributed by atoms with van der Waals surface area (Å²) in [5, 5.41) is 13.8. The van der Waals surface area contributed by atoms with E-state index in [2.05, 4.69) is 15.8 Å². The van der Waals surface area contributed by atoms with E-state index < -0.39 is 0 Å². The molecule has 0 saturated carbocycles. The molecule has 78 valence electrons. The lowest BCUT2D eigenvalue weighted by Gasteiger charge is -2.06. The van der Waals surface area contributed by atoms with Crippen LogP contribution in [0.15, 0.2) is 35.4 Å². The van der Waals surface area contributed by atoms with E-state index in [0.717, 1.165) is 11.8 Å². The van der Waals surface area contributed by atoms with Crippen LogP contribution >= 0.6 is 12.2 Å². The second kappa shape index (κ2) is 6.67. The maximum Gasteiger partial charge on any atom is 0.187 e. The van der Waals surface area contributed by atoms with Gasteiger partial charge in [-0.15, -0.1) is 0 Å². The van der Waals surface area contributed by atoms with Crippen LogP contribution in [0.1, 0.15) is 5.56 Å². The Balaban J connectivity index is 2.28. The molecule has 0 amide bonds. The maximum atomic E-state index is 6.71. The Hall–Kier alpha value is -1.75. The number of hydrogen-bond acceptors (Lipinski definition) is 3. The summed E-state index contributed by atoms with van der Waals surface area (Å²) in [6, 6.07) is 9.93. The monoisotopic (exact) mass is 220 g/mol. The Morgan fingerprint density at radius 2 is 2.13 bits per heavy atom. The van der Waals surface area contributed by atoms with Crippen molar-refractivity contribution in [3.63, 3.8) is 0 Å². The van der Waals surface area contributed by atoms with Crippen LogP contribution in [0, 0.1) is 5.41 Å². The molecule has 0 spiro atoms. The second-order valence-electron chi connectivity index (χ2n) is 2.72. The van der Waals surface area contributed by atoms with Gasteiger partial charge in [0.1, 0.15) is 0 Å². The number of hydrogen-bond donors (Lipinski definition) is 3.